The topological polar surface area (TPSA) is 53.5 Å². The van der Waals surface area contributed by atoms with Gasteiger partial charge in [0.05, 0.1) is 12.1 Å². The van der Waals surface area contributed by atoms with Gasteiger partial charge in [-0.05, 0) is 73.6 Å². The number of nitrogens with zero attached hydrogens (tertiary/aromatic N) is 3. The minimum atomic E-state index is -0.938. The molecule has 3 heterocycles. The second-order valence-electron chi connectivity index (χ2n) is 8.97. The summed E-state index contributed by atoms with van der Waals surface area (Å²) < 4.78 is 13.8. The summed E-state index contributed by atoms with van der Waals surface area (Å²) in [6.07, 6.45) is 7.49. The molecule has 1 aromatic heterocycles. The van der Waals surface area contributed by atoms with Gasteiger partial charge in [-0.2, -0.15) is 0 Å². The zero-order chi connectivity index (χ0) is 22.2. The van der Waals surface area contributed by atoms with Crippen molar-refractivity contribution in [2.24, 2.45) is 0 Å². The lowest BCUT2D eigenvalue weighted by atomic mass is 10.0. The second kappa shape index (κ2) is 8.49. The Bertz CT molecular complexity index is 1110. The van der Waals surface area contributed by atoms with Gasteiger partial charge in [0, 0.05) is 36.1 Å². The van der Waals surface area contributed by atoms with Gasteiger partial charge in [-0.3, -0.25) is 9.59 Å². The lowest BCUT2D eigenvalue weighted by Crippen LogP contribution is -2.40. The average molecular weight is 434 g/mol. The highest BCUT2D eigenvalue weighted by atomic mass is 19.1. The monoisotopic (exact) mass is 433 g/mol. The fraction of sp³-hybridized carbons (Fsp3) is 0.423. The molecule has 6 heteroatoms. The first-order chi connectivity index (χ1) is 15.5. The van der Waals surface area contributed by atoms with Gasteiger partial charge in [0.25, 0.3) is 5.91 Å². The summed E-state index contributed by atoms with van der Waals surface area (Å²) in [6.45, 7) is 3.69. The first-order valence-corrected chi connectivity index (χ1v) is 11.6. The van der Waals surface area contributed by atoms with E-state index < -0.39 is 6.17 Å². The summed E-state index contributed by atoms with van der Waals surface area (Å²) in [5, 5.41) is 0. The maximum absolute atomic E-state index is 13.8. The number of likely N-dealkylation sites (tertiary alicyclic amines) is 1. The third kappa shape index (κ3) is 3.72. The van der Waals surface area contributed by atoms with E-state index >= 15 is 0 Å². The van der Waals surface area contributed by atoms with Crippen LogP contribution in [-0.4, -0.2) is 47.4 Å². The van der Waals surface area contributed by atoms with Crippen molar-refractivity contribution in [3.05, 3.63) is 58.3 Å². The number of carbonyl (C=O) groups is 2. The summed E-state index contributed by atoms with van der Waals surface area (Å²) in [7, 11) is 0. The van der Waals surface area contributed by atoms with Crippen LogP contribution in [0.15, 0.2) is 36.0 Å². The Hall–Kier alpha value is -3.02. The van der Waals surface area contributed by atoms with Gasteiger partial charge in [-0.15, -0.1) is 0 Å². The van der Waals surface area contributed by atoms with E-state index in [4.69, 9.17) is 0 Å². The molecule has 5 rings (SSSR count). The first kappa shape index (κ1) is 20.9. The van der Waals surface area contributed by atoms with Gasteiger partial charge in [0.1, 0.15) is 12.0 Å². The zero-order valence-corrected chi connectivity index (χ0v) is 18.4. The molecule has 0 bridgehead atoms. The number of anilines is 2. The van der Waals surface area contributed by atoms with Crippen molar-refractivity contribution in [1.29, 1.82) is 0 Å². The van der Waals surface area contributed by atoms with Crippen molar-refractivity contribution in [1.82, 2.24) is 9.88 Å². The molecule has 32 heavy (non-hydrogen) atoms. The maximum atomic E-state index is 13.8. The zero-order valence-electron chi connectivity index (χ0n) is 18.4. The fourth-order valence-electron chi connectivity index (χ4n) is 5.05. The number of Topliss-reactive ketones (excluding diaryl/α,β-unsaturated/α-hetero) is 1. The minimum Gasteiger partial charge on any atom is -0.336 e. The van der Waals surface area contributed by atoms with E-state index in [-0.39, 0.29) is 18.2 Å². The molecule has 0 spiro atoms. The number of hydrogen-bond donors (Lipinski definition) is 0. The van der Waals surface area contributed by atoms with E-state index in [0.29, 0.717) is 24.9 Å². The molecule has 1 aromatic carbocycles. The molecule has 0 unspecified atom stereocenters. The third-order valence-corrected chi connectivity index (χ3v) is 6.66. The van der Waals surface area contributed by atoms with Crippen LogP contribution < -0.4 is 4.90 Å². The number of allylic oxidation sites excluding steroid dienone is 1. The Kier molecular flexibility index (Phi) is 5.53. The average Bonchev–Trinajstić information content (AvgIpc) is 3.12. The summed E-state index contributed by atoms with van der Waals surface area (Å²) in [5.41, 5.74) is 5.21. The Balaban J connectivity index is 1.42. The van der Waals surface area contributed by atoms with Crippen molar-refractivity contribution in [2.75, 3.05) is 24.5 Å². The van der Waals surface area contributed by atoms with Crippen LogP contribution in [0.5, 0.6) is 0 Å². The number of alkyl halides is 1. The molecule has 166 valence electrons. The smallest absolute Gasteiger partial charge is 0.255 e. The molecular weight excluding hydrogens is 405 g/mol. The van der Waals surface area contributed by atoms with Crippen LogP contribution in [0.25, 0.3) is 6.08 Å². The van der Waals surface area contributed by atoms with E-state index in [1.54, 1.807) is 11.1 Å². The van der Waals surface area contributed by atoms with Crippen LogP contribution in [0.2, 0.25) is 0 Å². The largest absolute Gasteiger partial charge is 0.336 e. The van der Waals surface area contributed by atoms with E-state index in [1.165, 1.54) is 0 Å². The number of hydrogen-bond acceptors (Lipinski definition) is 4. The quantitative estimate of drug-likeness (QED) is 0.672. The highest BCUT2D eigenvalue weighted by molar-refractivity contribution is 6.18. The van der Waals surface area contributed by atoms with Crippen LogP contribution in [0.4, 0.5) is 15.9 Å². The van der Waals surface area contributed by atoms with Crippen LogP contribution >= 0.6 is 0 Å². The summed E-state index contributed by atoms with van der Waals surface area (Å²) in [4.78, 5) is 33.9. The number of carbonyl (C=O) groups excluding carboxylic acids is 2. The van der Waals surface area contributed by atoms with Gasteiger partial charge >= 0.3 is 0 Å². The summed E-state index contributed by atoms with van der Waals surface area (Å²) in [6, 6.07) is 7.90. The predicted octanol–water partition coefficient (Wildman–Crippen LogP) is 5.12. The van der Waals surface area contributed by atoms with Crippen molar-refractivity contribution in [3.8, 4) is 0 Å². The van der Waals surface area contributed by atoms with Crippen LogP contribution in [-0.2, 0) is 6.42 Å². The minimum absolute atomic E-state index is 0.135. The second-order valence-corrected chi connectivity index (χ2v) is 8.97. The molecule has 1 saturated heterocycles. The number of benzene rings is 1. The van der Waals surface area contributed by atoms with Gasteiger partial charge in [0.2, 0.25) is 0 Å². The Morgan fingerprint density at radius 3 is 2.91 bits per heavy atom. The van der Waals surface area contributed by atoms with E-state index in [9.17, 15) is 14.0 Å². The van der Waals surface area contributed by atoms with Gasteiger partial charge in [-0.1, -0.05) is 13.3 Å². The fourth-order valence-corrected chi connectivity index (χ4v) is 5.05. The highest BCUT2D eigenvalue weighted by Crippen LogP contribution is 2.36. The molecule has 3 aliphatic rings. The molecule has 5 nitrogen and oxygen atoms in total. The lowest BCUT2D eigenvalue weighted by Gasteiger charge is -2.32. The molecule has 1 aliphatic carbocycles. The third-order valence-electron chi connectivity index (χ3n) is 6.66. The number of fused-ring (bicyclic) bond motifs is 2. The molecule has 2 aromatic rings. The van der Waals surface area contributed by atoms with Crippen molar-refractivity contribution < 1.29 is 14.0 Å². The SMILES string of the molecule is CCCC1=Cc2cc(N3CCCc4cc(C(=O)N5CCC[C@@H](F)C5)cnc43)ccc2C1=O. The molecule has 0 radical (unpaired) electrons. The number of aryl methyl sites for hydroxylation is 1. The molecule has 2 aliphatic heterocycles. The van der Waals surface area contributed by atoms with Crippen molar-refractivity contribution >= 4 is 29.3 Å². The van der Waals surface area contributed by atoms with Gasteiger partial charge in [-0.25, -0.2) is 9.37 Å². The Labute approximate surface area is 187 Å². The van der Waals surface area contributed by atoms with Crippen LogP contribution in [0.1, 0.15) is 70.9 Å². The summed E-state index contributed by atoms with van der Waals surface area (Å²) in [5.74, 6) is 0.864. The molecule has 0 saturated carbocycles. The number of amides is 1. The molecule has 1 atom stereocenters. The van der Waals surface area contributed by atoms with Crippen LogP contribution in [0, 0.1) is 0 Å². The first-order valence-electron chi connectivity index (χ1n) is 11.6. The molecule has 0 N–H and O–H groups in total. The lowest BCUT2D eigenvalue weighted by molar-refractivity contribution is 0.0635. The van der Waals surface area contributed by atoms with Crippen molar-refractivity contribution in [2.45, 2.75) is 51.6 Å². The number of aromatic nitrogens is 1. The van der Waals surface area contributed by atoms with E-state index in [1.807, 2.05) is 24.3 Å². The molecule has 1 fully saturated rings. The maximum Gasteiger partial charge on any atom is 0.255 e. The standard InChI is InChI=1S/C26H28FN3O2/c1-2-5-17-12-19-14-22(8-9-23(19)24(17)31)30-11-3-6-18-13-20(15-28-25(18)30)26(32)29-10-4-7-21(27)16-29/h8-9,12-15,21H,2-7,10-11,16H2,1H3/t21-/m1/s1. The van der Waals surface area contributed by atoms with E-state index in [2.05, 4.69) is 22.9 Å². The predicted molar refractivity (Wildman–Crippen MR) is 123 cm³/mol. The highest BCUT2D eigenvalue weighted by Gasteiger charge is 2.28. The number of piperidine rings is 1. The summed E-state index contributed by atoms with van der Waals surface area (Å²) >= 11 is 0. The van der Waals surface area contributed by atoms with Crippen LogP contribution in [0.3, 0.4) is 0 Å². The Morgan fingerprint density at radius 1 is 1.22 bits per heavy atom. The Morgan fingerprint density at radius 2 is 2.09 bits per heavy atom. The van der Waals surface area contributed by atoms with Crippen molar-refractivity contribution in [3.63, 3.8) is 0 Å². The molecule has 1 amide bonds. The number of rotatable bonds is 4. The molecular formula is C26H28FN3O2. The number of ketones is 1. The normalized spacial score (nSPS) is 20.1. The van der Waals surface area contributed by atoms with Gasteiger partial charge in [0.15, 0.2) is 5.78 Å². The number of halogens is 1. The van der Waals surface area contributed by atoms with Gasteiger partial charge < -0.3 is 9.80 Å². The number of pyridine rings is 1. The van der Waals surface area contributed by atoms with E-state index in [0.717, 1.165) is 66.0 Å².